The maximum Gasteiger partial charge on any atom is 0.338 e. The van der Waals surface area contributed by atoms with Gasteiger partial charge in [-0.15, -0.1) is 0 Å². The van der Waals surface area contributed by atoms with Gasteiger partial charge in [0.25, 0.3) is 0 Å². The SMILES string of the molecule is COc1ccccc1C1C(C(=O)OC(C)C)=C(C)Nc2ncnn21. The molecule has 1 aromatic carbocycles. The summed E-state index contributed by atoms with van der Waals surface area (Å²) in [6.45, 7) is 5.48. The smallest absolute Gasteiger partial charge is 0.338 e. The van der Waals surface area contributed by atoms with Crippen LogP contribution in [0.25, 0.3) is 0 Å². The second-order valence-corrected chi connectivity index (χ2v) is 5.79. The first-order valence-electron chi connectivity index (χ1n) is 7.74. The third kappa shape index (κ3) is 2.73. The number of carbonyl (C=O) groups is 1. The fraction of sp³-hybridized carbons (Fsp3) is 0.353. The van der Waals surface area contributed by atoms with Crippen LogP contribution in [0, 0.1) is 0 Å². The van der Waals surface area contributed by atoms with Crippen molar-refractivity contribution < 1.29 is 14.3 Å². The van der Waals surface area contributed by atoms with E-state index in [1.165, 1.54) is 6.33 Å². The van der Waals surface area contributed by atoms with Crippen LogP contribution in [0.2, 0.25) is 0 Å². The van der Waals surface area contributed by atoms with E-state index in [0.29, 0.717) is 23.0 Å². The molecule has 1 atom stereocenters. The van der Waals surface area contributed by atoms with Crippen LogP contribution in [0.15, 0.2) is 41.9 Å². The van der Waals surface area contributed by atoms with Crippen LogP contribution in [0.3, 0.4) is 0 Å². The van der Waals surface area contributed by atoms with E-state index in [-0.39, 0.29) is 12.1 Å². The predicted molar refractivity (Wildman–Crippen MR) is 88.7 cm³/mol. The lowest BCUT2D eigenvalue weighted by atomic mass is 9.95. The fourth-order valence-electron chi connectivity index (χ4n) is 2.81. The quantitative estimate of drug-likeness (QED) is 0.869. The molecule has 1 aliphatic rings. The van der Waals surface area contributed by atoms with Crippen molar-refractivity contribution in [1.29, 1.82) is 0 Å². The number of benzene rings is 1. The number of hydrogen-bond donors (Lipinski definition) is 1. The Labute approximate surface area is 140 Å². The van der Waals surface area contributed by atoms with E-state index in [1.54, 1.807) is 11.8 Å². The molecule has 0 radical (unpaired) electrons. The Balaban J connectivity index is 2.16. The lowest BCUT2D eigenvalue weighted by Crippen LogP contribution is -2.30. The number of hydrogen-bond acceptors (Lipinski definition) is 6. The molecule has 126 valence electrons. The number of nitrogens with one attached hydrogen (secondary N) is 1. The lowest BCUT2D eigenvalue weighted by Gasteiger charge is -2.29. The molecule has 1 aliphatic heterocycles. The Morgan fingerprint density at radius 2 is 2.08 bits per heavy atom. The van der Waals surface area contributed by atoms with Crippen molar-refractivity contribution in [3.63, 3.8) is 0 Å². The number of allylic oxidation sites excluding steroid dienone is 1. The predicted octanol–water partition coefficient (Wildman–Crippen LogP) is 2.53. The van der Waals surface area contributed by atoms with Gasteiger partial charge in [-0.25, -0.2) is 9.48 Å². The minimum absolute atomic E-state index is 0.215. The van der Waals surface area contributed by atoms with E-state index in [0.717, 1.165) is 5.56 Å². The van der Waals surface area contributed by atoms with E-state index in [2.05, 4.69) is 15.4 Å². The number of fused-ring (bicyclic) bond motifs is 1. The van der Waals surface area contributed by atoms with Crippen LogP contribution in [-0.4, -0.2) is 33.9 Å². The molecule has 0 spiro atoms. The average Bonchev–Trinajstić information content (AvgIpc) is 3.00. The molecule has 1 unspecified atom stereocenters. The van der Waals surface area contributed by atoms with Gasteiger partial charge in [0.05, 0.1) is 18.8 Å². The average molecular weight is 328 g/mol. The van der Waals surface area contributed by atoms with Gasteiger partial charge in [0, 0.05) is 11.3 Å². The number of esters is 1. The molecule has 2 heterocycles. The molecule has 0 bridgehead atoms. The number of methoxy groups -OCH3 is 1. The van der Waals surface area contributed by atoms with Gasteiger partial charge >= 0.3 is 5.97 Å². The van der Waals surface area contributed by atoms with E-state index in [1.807, 2.05) is 45.0 Å². The van der Waals surface area contributed by atoms with Crippen LogP contribution in [0.5, 0.6) is 5.75 Å². The van der Waals surface area contributed by atoms with Crippen LogP contribution in [0.4, 0.5) is 5.95 Å². The first-order valence-corrected chi connectivity index (χ1v) is 7.74. The third-order valence-electron chi connectivity index (χ3n) is 3.79. The summed E-state index contributed by atoms with van der Waals surface area (Å²) in [6, 6.07) is 7.09. The maximum atomic E-state index is 12.7. The van der Waals surface area contributed by atoms with Gasteiger partial charge in [0.2, 0.25) is 5.95 Å². The normalized spacial score (nSPS) is 16.6. The van der Waals surface area contributed by atoms with Crippen LogP contribution < -0.4 is 10.1 Å². The van der Waals surface area contributed by atoms with E-state index < -0.39 is 6.04 Å². The number of para-hydroxylation sites is 1. The zero-order valence-corrected chi connectivity index (χ0v) is 14.1. The molecule has 24 heavy (non-hydrogen) atoms. The van der Waals surface area contributed by atoms with Crippen LogP contribution >= 0.6 is 0 Å². The number of aromatic nitrogens is 3. The molecule has 2 aromatic rings. The minimum atomic E-state index is -0.467. The van der Waals surface area contributed by atoms with Crippen molar-refractivity contribution in [2.45, 2.75) is 32.9 Å². The Morgan fingerprint density at radius 1 is 1.33 bits per heavy atom. The largest absolute Gasteiger partial charge is 0.496 e. The molecule has 1 N–H and O–H groups in total. The molecule has 3 rings (SSSR count). The van der Waals surface area contributed by atoms with Crippen molar-refractivity contribution in [2.24, 2.45) is 0 Å². The first-order chi connectivity index (χ1) is 11.5. The summed E-state index contributed by atoms with van der Waals surface area (Å²) in [7, 11) is 1.60. The van der Waals surface area contributed by atoms with Crippen molar-refractivity contribution >= 4 is 11.9 Å². The number of rotatable bonds is 4. The summed E-state index contributed by atoms with van der Waals surface area (Å²) < 4.78 is 12.6. The Bertz CT molecular complexity index is 795. The second-order valence-electron chi connectivity index (χ2n) is 5.79. The van der Waals surface area contributed by atoms with E-state index >= 15 is 0 Å². The molecule has 0 aliphatic carbocycles. The van der Waals surface area contributed by atoms with Gasteiger partial charge in [0.1, 0.15) is 18.1 Å². The zero-order chi connectivity index (χ0) is 17.3. The molecule has 7 nitrogen and oxygen atoms in total. The maximum absolute atomic E-state index is 12.7. The van der Waals surface area contributed by atoms with Gasteiger partial charge in [0.15, 0.2) is 0 Å². The van der Waals surface area contributed by atoms with Crippen LogP contribution in [0.1, 0.15) is 32.4 Å². The highest BCUT2D eigenvalue weighted by atomic mass is 16.5. The standard InChI is InChI=1S/C17H20N4O3/c1-10(2)24-16(22)14-11(3)20-17-18-9-19-21(17)15(14)12-7-5-6-8-13(12)23-4/h5-10,15H,1-4H3,(H,18,19,20). The van der Waals surface area contributed by atoms with Crippen molar-refractivity contribution in [3.05, 3.63) is 47.4 Å². The van der Waals surface area contributed by atoms with Crippen molar-refractivity contribution in [2.75, 3.05) is 12.4 Å². The lowest BCUT2D eigenvalue weighted by molar-refractivity contribution is -0.143. The zero-order valence-electron chi connectivity index (χ0n) is 14.1. The monoisotopic (exact) mass is 328 g/mol. The highest BCUT2D eigenvalue weighted by molar-refractivity contribution is 5.92. The third-order valence-corrected chi connectivity index (χ3v) is 3.79. The molecular formula is C17H20N4O3. The Morgan fingerprint density at radius 3 is 2.79 bits per heavy atom. The fourth-order valence-corrected chi connectivity index (χ4v) is 2.81. The van der Waals surface area contributed by atoms with Gasteiger partial charge in [-0.2, -0.15) is 10.1 Å². The van der Waals surface area contributed by atoms with Gasteiger partial charge in [-0.3, -0.25) is 0 Å². The highest BCUT2D eigenvalue weighted by Gasteiger charge is 2.36. The Hall–Kier alpha value is -2.83. The summed E-state index contributed by atoms with van der Waals surface area (Å²) in [5.74, 6) is 0.866. The van der Waals surface area contributed by atoms with Gasteiger partial charge in [-0.1, -0.05) is 18.2 Å². The highest BCUT2D eigenvalue weighted by Crippen LogP contribution is 2.39. The topological polar surface area (TPSA) is 78.3 Å². The van der Waals surface area contributed by atoms with E-state index in [9.17, 15) is 4.79 Å². The molecule has 0 fully saturated rings. The molecule has 0 saturated carbocycles. The van der Waals surface area contributed by atoms with E-state index in [4.69, 9.17) is 9.47 Å². The molecule has 7 heteroatoms. The second kappa shape index (κ2) is 6.35. The molecular weight excluding hydrogens is 308 g/mol. The summed E-state index contributed by atoms with van der Waals surface area (Å²) in [4.78, 5) is 16.9. The summed E-state index contributed by atoms with van der Waals surface area (Å²) in [5.41, 5.74) is 2.01. The molecule has 0 saturated heterocycles. The van der Waals surface area contributed by atoms with Gasteiger partial charge in [-0.05, 0) is 26.8 Å². The number of carbonyl (C=O) groups excluding carboxylic acids is 1. The summed E-state index contributed by atoms with van der Waals surface area (Å²) >= 11 is 0. The molecule has 1 aromatic heterocycles. The number of ether oxygens (including phenoxy) is 2. The Kier molecular flexibility index (Phi) is 4.24. The molecule has 0 amide bonds. The summed E-state index contributed by atoms with van der Waals surface area (Å²) in [5, 5.41) is 7.39. The van der Waals surface area contributed by atoms with Crippen molar-refractivity contribution in [3.8, 4) is 5.75 Å². The van der Waals surface area contributed by atoms with Gasteiger partial charge < -0.3 is 14.8 Å². The van der Waals surface area contributed by atoms with Crippen molar-refractivity contribution in [1.82, 2.24) is 14.8 Å². The minimum Gasteiger partial charge on any atom is -0.496 e. The van der Waals surface area contributed by atoms with Crippen LogP contribution in [-0.2, 0) is 9.53 Å². The first kappa shape index (κ1) is 16.0. The number of nitrogens with zero attached hydrogens (tertiary/aromatic N) is 3. The number of anilines is 1. The summed E-state index contributed by atoms with van der Waals surface area (Å²) in [6.07, 6.45) is 1.24.